The fourth-order valence-corrected chi connectivity index (χ4v) is 0.860. The number of hydrogen-bond donors (Lipinski definition) is 1. The lowest BCUT2D eigenvalue weighted by molar-refractivity contribution is -0.661. The lowest BCUT2D eigenvalue weighted by atomic mass is 9.99. The summed E-state index contributed by atoms with van der Waals surface area (Å²) >= 11 is 0. The van der Waals surface area contributed by atoms with Gasteiger partial charge in [-0.2, -0.15) is 0 Å². The average molecular weight is 144 g/mol. The standard InChI is InChI=1S/C8H17NO/c1-6(8(3)10)5-7(2)9-4/h6-7,9H,5H2,1-4H3/p+1. The number of rotatable bonds is 4. The van der Waals surface area contributed by atoms with Crippen molar-refractivity contribution in [3.05, 3.63) is 0 Å². The van der Waals surface area contributed by atoms with Crippen molar-refractivity contribution in [2.24, 2.45) is 5.92 Å². The summed E-state index contributed by atoms with van der Waals surface area (Å²) in [6.07, 6.45) is 0.992. The Kier molecular flexibility index (Phi) is 4.28. The van der Waals surface area contributed by atoms with Gasteiger partial charge in [0.25, 0.3) is 0 Å². The second kappa shape index (κ2) is 4.45. The van der Waals surface area contributed by atoms with Crippen molar-refractivity contribution in [1.29, 1.82) is 0 Å². The second-order valence-corrected chi connectivity index (χ2v) is 3.06. The molecule has 0 amide bonds. The van der Waals surface area contributed by atoms with E-state index in [-0.39, 0.29) is 5.92 Å². The Morgan fingerprint density at radius 2 is 2.00 bits per heavy atom. The summed E-state index contributed by atoms with van der Waals surface area (Å²) in [6.45, 7) is 5.79. The first-order chi connectivity index (χ1) is 4.57. The van der Waals surface area contributed by atoms with Crippen molar-refractivity contribution < 1.29 is 10.1 Å². The molecular formula is C8H18NO+. The van der Waals surface area contributed by atoms with Crippen LogP contribution in [0.5, 0.6) is 0 Å². The molecule has 0 radical (unpaired) electrons. The number of carbonyl (C=O) groups is 1. The molecular weight excluding hydrogens is 126 g/mol. The van der Waals surface area contributed by atoms with Crippen molar-refractivity contribution >= 4 is 5.78 Å². The van der Waals surface area contributed by atoms with Crippen LogP contribution in [-0.4, -0.2) is 18.9 Å². The highest BCUT2D eigenvalue weighted by Crippen LogP contribution is 2.03. The molecule has 2 N–H and O–H groups in total. The monoisotopic (exact) mass is 144 g/mol. The molecule has 2 unspecified atom stereocenters. The van der Waals surface area contributed by atoms with Crippen LogP contribution in [0.25, 0.3) is 0 Å². The molecule has 0 aliphatic carbocycles. The molecule has 60 valence electrons. The molecule has 10 heavy (non-hydrogen) atoms. The molecule has 0 spiro atoms. The Balaban J connectivity index is 3.56. The topological polar surface area (TPSA) is 33.7 Å². The Labute approximate surface area is 63.0 Å². The van der Waals surface area contributed by atoms with Crippen LogP contribution in [0.1, 0.15) is 27.2 Å². The molecule has 0 saturated heterocycles. The number of nitrogens with two attached hydrogens (primary N) is 1. The maximum absolute atomic E-state index is 10.8. The maximum Gasteiger partial charge on any atom is 0.132 e. The highest BCUT2D eigenvalue weighted by molar-refractivity contribution is 5.77. The van der Waals surface area contributed by atoms with E-state index in [1.807, 2.05) is 14.0 Å². The predicted molar refractivity (Wildman–Crippen MR) is 41.8 cm³/mol. The van der Waals surface area contributed by atoms with Gasteiger partial charge in [-0.1, -0.05) is 6.92 Å². The Bertz CT molecular complexity index is 112. The van der Waals surface area contributed by atoms with Crippen LogP contribution >= 0.6 is 0 Å². The van der Waals surface area contributed by atoms with Crippen LogP contribution in [0.4, 0.5) is 0 Å². The average Bonchev–Trinajstić information content (AvgIpc) is 1.87. The number of ketones is 1. The van der Waals surface area contributed by atoms with Crippen LogP contribution in [-0.2, 0) is 4.79 Å². The molecule has 0 heterocycles. The molecule has 0 aromatic carbocycles. The minimum atomic E-state index is 0.228. The van der Waals surface area contributed by atoms with E-state index < -0.39 is 0 Å². The van der Waals surface area contributed by atoms with E-state index in [0.717, 1.165) is 6.42 Å². The van der Waals surface area contributed by atoms with Crippen LogP contribution in [0, 0.1) is 5.92 Å². The van der Waals surface area contributed by atoms with Gasteiger partial charge in [0.15, 0.2) is 0 Å². The zero-order valence-corrected chi connectivity index (χ0v) is 7.35. The molecule has 0 aliphatic rings. The van der Waals surface area contributed by atoms with Crippen molar-refractivity contribution in [2.75, 3.05) is 7.05 Å². The molecule has 0 aromatic heterocycles. The summed E-state index contributed by atoms with van der Waals surface area (Å²) in [7, 11) is 2.04. The van der Waals surface area contributed by atoms with Gasteiger partial charge in [-0.25, -0.2) is 0 Å². The van der Waals surface area contributed by atoms with E-state index in [9.17, 15) is 4.79 Å². The van der Waals surface area contributed by atoms with Gasteiger partial charge in [-0.15, -0.1) is 0 Å². The van der Waals surface area contributed by atoms with Crippen molar-refractivity contribution in [1.82, 2.24) is 0 Å². The molecule has 2 nitrogen and oxygen atoms in total. The van der Waals surface area contributed by atoms with Gasteiger partial charge >= 0.3 is 0 Å². The van der Waals surface area contributed by atoms with Gasteiger partial charge in [-0.3, -0.25) is 4.79 Å². The highest BCUT2D eigenvalue weighted by atomic mass is 16.1. The van der Waals surface area contributed by atoms with Gasteiger partial charge in [-0.05, 0) is 13.8 Å². The SMILES string of the molecule is C[NH2+]C(C)CC(C)C(C)=O. The van der Waals surface area contributed by atoms with Gasteiger partial charge in [0.1, 0.15) is 5.78 Å². The van der Waals surface area contributed by atoms with Gasteiger partial charge < -0.3 is 5.32 Å². The molecule has 0 aromatic rings. The minimum absolute atomic E-state index is 0.228. The van der Waals surface area contributed by atoms with Gasteiger partial charge in [0.05, 0.1) is 13.1 Å². The quantitative estimate of drug-likeness (QED) is 0.600. The van der Waals surface area contributed by atoms with E-state index in [1.165, 1.54) is 0 Å². The van der Waals surface area contributed by atoms with E-state index in [4.69, 9.17) is 0 Å². The minimum Gasteiger partial charge on any atom is -0.346 e. The van der Waals surface area contributed by atoms with Gasteiger partial charge in [0.2, 0.25) is 0 Å². The smallest absolute Gasteiger partial charge is 0.132 e. The molecule has 0 fully saturated rings. The summed E-state index contributed by atoms with van der Waals surface area (Å²) in [4.78, 5) is 10.8. The van der Waals surface area contributed by atoms with Crippen molar-refractivity contribution in [3.63, 3.8) is 0 Å². The van der Waals surface area contributed by atoms with Crippen molar-refractivity contribution in [3.8, 4) is 0 Å². The molecule has 0 rings (SSSR count). The molecule has 2 heteroatoms. The van der Waals surface area contributed by atoms with Gasteiger partial charge in [0, 0.05) is 12.3 Å². The second-order valence-electron chi connectivity index (χ2n) is 3.06. The number of quaternary nitrogens is 1. The predicted octanol–water partition coefficient (Wildman–Crippen LogP) is 0.183. The van der Waals surface area contributed by atoms with Crippen LogP contribution in [0.15, 0.2) is 0 Å². The Morgan fingerprint density at radius 1 is 1.50 bits per heavy atom. The third-order valence-electron chi connectivity index (χ3n) is 1.99. The Morgan fingerprint density at radius 3 is 2.30 bits per heavy atom. The molecule has 2 atom stereocenters. The van der Waals surface area contributed by atoms with E-state index >= 15 is 0 Å². The zero-order valence-electron chi connectivity index (χ0n) is 7.35. The van der Waals surface area contributed by atoms with E-state index in [1.54, 1.807) is 6.92 Å². The number of carbonyl (C=O) groups excluding carboxylic acids is 1. The third-order valence-corrected chi connectivity index (χ3v) is 1.99. The first-order valence-corrected chi connectivity index (χ1v) is 3.87. The fraction of sp³-hybridized carbons (Fsp3) is 0.875. The lowest BCUT2D eigenvalue weighted by Gasteiger charge is -2.10. The Hall–Kier alpha value is -0.370. The first kappa shape index (κ1) is 9.63. The summed E-state index contributed by atoms with van der Waals surface area (Å²) in [6, 6.07) is 0.568. The summed E-state index contributed by atoms with van der Waals surface area (Å²) in [5, 5.41) is 2.14. The summed E-state index contributed by atoms with van der Waals surface area (Å²) in [5.74, 6) is 0.528. The maximum atomic E-state index is 10.8. The normalized spacial score (nSPS) is 16.4. The summed E-state index contributed by atoms with van der Waals surface area (Å²) < 4.78 is 0. The van der Waals surface area contributed by atoms with Crippen LogP contribution < -0.4 is 5.32 Å². The number of hydrogen-bond acceptors (Lipinski definition) is 1. The van der Waals surface area contributed by atoms with E-state index in [2.05, 4.69) is 12.2 Å². The van der Waals surface area contributed by atoms with E-state index in [0.29, 0.717) is 11.8 Å². The fourth-order valence-electron chi connectivity index (χ4n) is 0.860. The van der Waals surface area contributed by atoms with Crippen LogP contribution in [0.3, 0.4) is 0 Å². The number of Topliss-reactive ketones (excluding diaryl/α,β-unsaturated/α-hetero) is 1. The molecule has 0 aliphatic heterocycles. The zero-order chi connectivity index (χ0) is 8.15. The first-order valence-electron chi connectivity index (χ1n) is 3.87. The van der Waals surface area contributed by atoms with Crippen LogP contribution in [0.2, 0.25) is 0 Å². The third kappa shape index (κ3) is 3.62. The molecule has 0 bridgehead atoms. The molecule has 0 saturated carbocycles. The largest absolute Gasteiger partial charge is 0.346 e. The lowest BCUT2D eigenvalue weighted by Crippen LogP contribution is -2.85. The highest BCUT2D eigenvalue weighted by Gasteiger charge is 2.12. The van der Waals surface area contributed by atoms with Crippen molar-refractivity contribution in [2.45, 2.75) is 33.2 Å². The summed E-state index contributed by atoms with van der Waals surface area (Å²) in [5.41, 5.74) is 0.